The summed E-state index contributed by atoms with van der Waals surface area (Å²) in [5.41, 5.74) is 0.150. The van der Waals surface area contributed by atoms with Gasteiger partial charge in [0.05, 0.1) is 16.8 Å². The monoisotopic (exact) mass is 362 g/mol. The molecule has 1 aliphatic heterocycles. The van der Waals surface area contributed by atoms with Gasteiger partial charge in [0.2, 0.25) is 0 Å². The number of piperazine rings is 1. The van der Waals surface area contributed by atoms with E-state index in [1.807, 2.05) is 0 Å². The molecule has 2 heterocycles. The van der Waals surface area contributed by atoms with Gasteiger partial charge in [0.1, 0.15) is 18.2 Å². The van der Waals surface area contributed by atoms with E-state index in [4.69, 9.17) is 21.4 Å². The SMILES string of the molecule is O=C(O)c1ccc(OCCN2CCN(c3cnccn3)CC2)c(Cl)c1. The summed E-state index contributed by atoms with van der Waals surface area (Å²) >= 11 is 6.06. The highest BCUT2D eigenvalue weighted by Gasteiger charge is 2.18. The number of aromatic nitrogens is 2. The molecule has 0 amide bonds. The van der Waals surface area contributed by atoms with Crippen LogP contribution in [0, 0.1) is 0 Å². The molecule has 3 rings (SSSR count). The average Bonchev–Trinajstić information content (AvgIpc) is 2.64. The molecule has 0 bridgehead atoms. The second-order valence-electron chi connectivity index (χ2n) is 5.69. The lowest BCUT2D eigenvalue weighted by molar-refractivity contribution is 0.0697. The number of anilines is 1. The molecule has 1 N–H and O–H groups in total. The fourth-order valence-corrected chi connectivity index (χ4v) is 2.93. The molecule has 7 nitrogen and oxygen atoms in total. The van der Waals surface area contributed by atoms with Gasteiger partial charge in [-0.2, -0.15) is 0 Å². The van der Waals surface area contributed by atoms with Crippen molar-refractivity contribution in [1.29, 1.82) is 0 Å². The lowest BCUT2D eigenvalue weighted by atomic mass is 10.2. The normalized spacial score (nSPS) is 15.2. The molecule has 0 aliphatic carbocycles. The topological polar surface area (TPSA) is 78.8 Å². The van der Waals surface area contributed by atoms with Crippen molar-refractivity contribution in [1.82, 2.24) is 14.9 Å². The molecule has 1 fully saturated rings. The van der Waals surface area contributed by atoms with E-state index < -0.39 is 5.97 Å². The van der Waals surface area contributed by atoms with Crippen LogP contribution in [0.15, 0.2) is 36.8 Å². The van der Waals surface area contributed by atoms with Crippen molar-refractivity contribution < 1.29 is 14.6 Å². The van der Waals surface area contributed by atoms with Crippen LogP contribution in [0.1, 0.15) is 10.4 Å². The summed E-state index contributed by atoms with van der Waals surface area (Å²) in [5.74, 6) is 0.406. The molecular formula is C17H19ClN4O3. The lowest BCUT2D eigenvalue weighted by Crippen LogP contribution is -2.47. The first-order valence-electron chi connectivity index (χ1n) is 8.02. The molecule has 2 aromatic rings. The Bertz CT molecular complexity index is 721. The molecule has 1 aromatic carbocycles. The third-order valence-corrected chi connectivity index (χ3v) is 4.39. The third kappa shape index (κ3) is 4.58. The fourth-order valence-electron chi connectivity index (χ4n) is 2.69. The molecule has 0 radical (unpaired) electrons. The van der Waals surface area contributed by atoms with Crippen LogP contribution in [0.2, 0.25) is 5.02 Å². The van der Waals surface area contributed by atoms with Crippen LogP contribution in [0.25, 0.3) is 0 Å². The maximum absolute atomic E-state index is 10.9. The van der Waals surface area contributed by atoms with Crippen molar-refractivity contribution >= 4 is 23.4 Å². The number of carbonyl (C=O) groups is 1. The minimum atomic E-state index is -1.01. The number of carboxylic acids is 1. The molecule has 0 unspecified atom stereocenters. The average molecular weight is 363 g/mol. The molecule has 0 spiro atoms. The van der Waals surface area contributed by atoms with E-state index in [9.17, 15) is 4.79 Å². The Morgan fingerprint density at radius 2 is 2.04 bits per heavy atom. The number of halogens is 1. The largest absolute Gasteiger partial charge is 0.491 e. The summed E-state index contributed by atoms with van der Waals surface area (Å²) in [6, 6.07) is 4.49. The summed E-state index contributed by atoms with van der Waals surface area (Å²) in [4.78, 5) is 23.8. The van der Waals surface area contributed by atoms with Crippen molar-refractivity contribution in [2.75, 3.05) is 44.2 Å². The smallest absolute Gasteiger partial charge is 0.335 e. The highest BCUT2D eigenvalue weighted by molar-refractivity contribution is 6.32. The summed E-state index contributed by atoms with van der Waals surface area (Å²) in [7, 11) is 0. The molecule has 132 valence electrons. The molecule has 1 aliphatic rings. The third-order valence-electron chi connectivity index (χ3n) is 4.09. The van der Waals surface area contributed by atoms with E-state index >= 15 is 0 Å². The highest BCUT2D eigenvalue weighted by atomic mass is 35.5. The van der Waals surface area contributed by atoms with Gasteiger partial charge in [0.25, 0.3) is 0 Å². The minimum absolute atomic E-state index is 0.150. The number of hydrogen-bond donors (Lipinski definition) is 1. The van der Waals surface area contributed by atoms with Gasteiger partial charge in [-0.1, -0.05) is 11.6 Å². The molecule has 0 atom stereocenters. The maximum atomic E-state index is 10.9. The van der Waals surface area contributed by atoms with Gasteiger partial charge in [-0.15, -0.1) is 0 Å². The van der Waals surface area contributed by atoms with Crippen LogP contribution < -0.4 is 9.64 Å². The number of rotatable bonds is 6. The van der Waals surface area contributed by atoms with Gasteiger partial charge in [-0.3, -0.25) is 9.88 Å². The van der Waals surface area contributed by atoms with Gasteiger partial charge in [0, 0.05) is 45.1 Å². The number of ether oxygens (including phenoxy) is 1. The summed E-state index contributed by atoms with van der Waals surface area (Å²) in [5, 5.41) is 9.24. The number of benzene rings is 1. The first kappa shape index (κ1) is 17.4. The molecule has 0 saturated carbocycles. The quantitative estimate of drug-likeness (QED) is 0.842. The van der Waals surface area contributed by atoms with E-state index in [1.165, 1.54) is 12.1 Å². The van der Waals surface area contributed by atoms with E-state index in [0.717, 1.165) is 38.5 Å². The van der Waals surface area contributed by atoms with Crippen LogP contribution in [-0.2, 0) is 0 Å². The Balaban J connectivity index is 1.44. The molecule has 1 aromatic heterocycles. The zero-order valence-corrected chi connectivity index (χ0v) is 14.4. The highest BCUT2D eigenvalue weighted by Crippen LogP contribution is 2.25. The van der Waals surface area contributed by atoms with Crippen LogP contribution in [0.5, 0.6) is 5.75 Å². The second-order valence-corrected chi connectivity index (χ2v) is 6.10. The Morgan fingerprint density at radius 3 is 2.68 bits per heavy atom. The van der Waals surface area contributed by atoms with E-state index in [-0.39, 0.29) is 5.56 Å². The molecule has 25 heavy (non-hydrogen) atoms. The zero-order valence-electron chi connectivity index (χ0n) is 13.6. The minimum Gasteiger partial charge on any atom is -0.491 e. The predicted octanol–water partition coefficient (Wildman–Crippen LogP) is 2.03. The van der Waals surface area contributed by atoms with Gasteiger partial charge in [-0.05, 0) is 18.2 Å². The Labute approximate surface area is 150 Å². The number of carboxylic acid groups (broad SMARTS) is 1. The van der Waals surface area contributed by atoms with Gasteiger partial charge < -0.3 is 14.7 Å². The van der Waals surface area contributed by atoms with E-state index in [0.29, 0.717) is 17.4 Å². The number of hydrogen-bond acceptors (Lipinski definition) is 6. The number of nitrogens with zero attached hydrogens (tertiary/aromatic N) is 4. The second kappa shape index (κ2) is 8.13. The Morgan fingerprint density at radius 1 is 1.24 bits per heavy atom. The molecular weight excluding hydrogens is 344 g/mol. The molecule has 8 heteroatoms. The first-order valence-corrected chi connectivity index (χ1v) is 8.40. The summed E-state index contributed by atoms with van der Waals surface area (Å²) < 4.78 is 5.68. The van der Waals surface area contributed by atoms with E-state index in [1.54, 1.807) is 24.7 Å². The van der Waals surface area contributed by atoms with Crippen LogP contribution >= 0.6 is 11.6 Å². The van der Waals surface area contributed by atoms with Crippen LogP contribution in [0.4, 0.5) is 5.82 Å². The van der Waals surface area contributed by atoms with Gasteiger partial charge in [-0.25, -0.2) is 9.78 Å². The lowest BCUT2D eigenvalue weighted by Gasteiger charge is -2.35. The standard InChI is InChI=1S/C17H19ClN4O3/c18-14-11-13(17(23)24)1-2-15(14)25-10-9-21-5-7-22(8-6-21)16-12-19-3-4-20-16/h1-4,11-12H,5-10H2,(H,23,24). The van der Waals surface area contributed by atoms with Crippen LogP contribution in [-0.4, -0.2) is 65.3 Å². The van der Waals surface area contributed by atoms with Crippen LogP contribution in [0.3, 0.4) is 0 Å². The summed E-state index contributed by atoms with van der Waals surface area (Å²) in [6.45, 7) is 4.92. The Kier molecular flexibility index (Phi) is 5.67. The maximum Gasteiger partial charge on any atom is 0.335 e. The van der Waals surface area contributed by atoms with Gasteiger partial charge in [0.15, 0.2) is 0 Å². The van der Waals surface area contributed by atoms with Crippen molar-refractivity contribution in [3.05, 3.63) is 47.4 Å². The van der Waals surface area contributed by atoms with Crippen molar-refractivity contribution in [3.63, 3.8) is 0 Å². The summed E-state index contributed by atoms with van der Waals surface area (Å²) in [6.07, 6.45) is 5.15. The fraction of sp³-hybridized carbons (Fsp3) is 0.353. The van der Waals surface area contributed by atoms with Crippen molar-refractivity contribution in [2.24, 2.45) is 0 Å². The molecule has 1 saturated heterocycles. The zero-order chi connectivity index (χ0) is 17.6. The Hall–Kier alpha value is -2.38. The predicted molar refractivity (Wildman–Crippen MR) is 94.6 cm³/mol. The first-order chi connectivity index (χ1) is 12.1. The number of aromatic carboxylic acids is 1. The van der Waals surface area contributed by atoms with Crippen molar-refractivity contribution in [3.8, 4) is 5.75 Å². The van der Waals surface area contributed by atoms with E-state index in [2.05, 4.69) is 19.8 Å². The van der Waals surface area contributed by atoms with Crippen molar-refractivity contribution in [2.45, 2.75) is 0 Å². The van der Waals surface area contributed by atoms with Gasteiger partial charge >= 0.3 is 5.97 Å².